The minimum Gasteiger partial charge on any atom is -0.380 e. The number of likely N-dealkylation sites (tertiary alicyclic amines) is 2. The van der Waals surface area contributed by atoms with Crippen LogP contribution in [-0.4, -0.2) is 95.3 Å². The molecule has 2 saturated heterocycles. The van der Waals surface area contributed by atoms with Crippen LogP contribution in [0.15, 0.2) is 79.1 Å². The lowest BCUT2D eigenvalue weighted by molar-refractivity contribution is -0.133. The van der Waals surface area contributed by atoms with E-state index in [-0.39, 0.29) is 24.4 Å². The summed E-state index contributed by atoms with van der Waals surface area (Å²) in [7, 11) is 3.27. The van der Waals surface area contributed by atoms with Gasteiger partial charge in [-0.05, 0) is 73.2 Å². The molecule has 11 nitrogen and oxygen atoms in total. The predicted octanol–water partition coefficient (Wildman–Crippen LogP) is 5.65. The van der Waals surface area contributed by atoms with Gasteiger partial charge in [-0.15, -0.1) is 0 Å². The summed E-state index contributed by atoms with van der Waals surface area (Å²) in [5, 5.41) is 10.7. The number of halogens is 1. The van der Waals surface area contributed by atoms with Crippen molar-refractivity contribution in [1.29, 1.82) is 0 Å². The number of aromatic amines is 1. The number of hydrogen-bond donors (Lipinski definition) is 2. The summed E-state index contributed by atoms with van der Waals surface area (Å²) in [5.41, 5.74) is 5.84. The lowest BCUT2D eigenvalue weighted by atomic mass is 9.89. The number of nitrogens with one attached hydrogen (secondary N) is 2. The number of methoxy groups -OCH3 is 2. The van der Waals surface area contributed by atoms with E-state index in [1.807, 2.05) is 23.1 Å². The molecule has 50 heavy (non-hydrogen) atoms. The summed E-state index contributed by atoms with van der Waals surface area (Å²) in [5.74, 6) is 1.21. The molecule has 0 unspecified atom stereocenters. The van der Waals surface area contributed by atoms with Gasteiger partial charge in [0.15, 0.2) is 5.82 Å². The lowest BCUT2D eigenvalue weighted by Crippen LogP contribution is -2.43. The van der Waals surface area contributed by atoms with E-state index in [0.29, 0.717) is 35.8 Å². The van der Waals surface area contributed by atoms with E-state index in [1.165, 1.54) is 18.7 Å². The minimum atomic E-state index is -0.311. The van der Waals surface area contributed by atoms with Gasteiger partial charge >= 0.3 is 0 Å². The van der Waals surface area contributed by atoms with Crippen LogP contribution in [-0.2, 0) is 25.7 Å². The van der Waals surface area contributed by atoms with Crippen molar-refractivity contribution in [1.82, 2.24) is 30.0 Å². The first-order chi connectivity index (χ1) is 24.4. The largest absolute Gasteiger partial charge is 0.380 e. The first-order valence-corrected chi connectivity index (χ1v) is 16.8. The number of anilines is 1. The number of piperidine rings is 1. The van der Waals surface area contributed by atoms with Crippen molar-refractivity contribution in [2.75, 3.05) is 52.3 Å². The van der Waals surface area contributed by atoms with E-state index in [2.05, 4.69) is 54.6 Å². The van der Waals surface area contributed by atoms with Crippen molar-refractivity contribution >= 4 is 28.9 Å². The quantitative estimate of drug-likeness (QED) is 0.182. The van der Waals surface area contributed by atoms with E-state index in [1.54, 1.807) is 37.7 Å². The average Bonchev–Trinajstić information content (AvgIpc) is 3.80. The summed E-state index contributed by atoms with van der Waals surface area (Å²) in [4.78, 5) is 36.0. The first kappa shape index (κ1) is 34.8. The number of hydrogen-bond acceptors (Lipinski definition) is 8. The summed E-state index contributed by atoms with van der Waals surface area (Å²) < 4.78 is 24.1. The van der Waals surface area contributed by atoms with Crippen LogP contribution in [0.1, 0.15) is 36.3 Å². The number of carbonyl (C=O) groups is 2. The second kappa shape index (κ2) is 16.6. The third kappa shape index (κ3) is 8.39. The van der Waals surface area contributed by atoms with Gasteiger partial charge in [0, 0.05) is 80.6 Å². The highest BCUT2D eigenvalue weighted by Crippen LogP contribution is 2.31. The van der Waals surface area contributed by atoms with Gasteiger partial charge in [-0.25, -0.2) is 14.4 Å². The Morgan fingerprint density at radius 1 is 0.980 bits per heavy atom. The van der Waals surface area contributed by atoms with Crippen LogP contribution in [0, 0.1) is 5.82 Å². The van der Waals surface area contributed by atoms with Gasteiger partial charge in [0.2, 0.25) is 12.3 Å². The molecule has 2 aromatic heterocycles. The zero-order valence-electron chi connectivity index (χ0n) is 28.3. The lowest BCUT2D eigenvalue weighted by Gasteiger charge is -2.33. The molecule has 3 aromatic carbocycles. The van der Waals surface area contributed by atoms with E-state index < -0.39 is 0 Å². The molecular formula is C38H42FN7O4. The zero-order valence-corrected chi connectivity index (χ0v) is 28.3. The number of aromatic nitrogens is 4. The molecule has 0 aliphatic carbocycles. The average molecular weight is 680 g/mol. The van der Waals surface area contributed by atoms with Crippen LogP contribution < -0.4 is 5.32 Å². The van der Waals surface area contributed by atoms with Crippen LogP contribution >= 0.6 is 0 Å². The number of amides is 2. The molecule has 0 saturated carbocycles. The van der Waals surface area contributed by atoms with Crippen LogP contribution in [0.3, 0.4) is 0 Å². The number of H-pyrrole nitrogens is 1. The Morgan fingerprint density at radius 2 is 1.74 bits per heavy atom. The Morgan fingerprint density at radius 3 is 2.44 bits per heavy atom. The monoisotopic (exact) mass is 679 g/mol. The molecular weight excluding hydrogens is 637 g/mol. The van der Waals surface area contributed by atoms with Crippen LogP contribution in [0.25, 0.3) is 33.5 Å². The number of fused-ring (bicyclic) bond motifs is 1. The summed E-state index contributed by atoms with van der Waals surface area (Å²) in [6.07, 6.45) is 7.50. The SMILES string of the molecule is COCc1cc(-c2n[nH]c3ccc(NC=O)cc23)ccc1F.CO[C@H]1CCN(CC(=O)N2CCC(c3ccc(-c4ncccn4)cc3)CC2)C1. The van der Waals surface area contributed by atoms with Crippen molar-refractivity contribution in [3.05, 3.63) is 96.1 Å². The Balaban J connectivity index is 0.000000178. The van der Waals surface area contributed by atoms with Crippen molar-refractivity contribution in [3.63, 3.8) is 0 Å². The van der Waals surface area contributed by atoms with Gasteiger partial charge < -0.3 is 19.7 Å². The van der Waals surface area contributed by atoms with Gasteiger partial charge in [-0.1, -0.05) is 24.3 Å². The zero-order chi connectivity index (χ0) is 34.9. The Labute approximate surface area is 290 Å². The minimum absolute atomic E-state index is 0.194. The fourth-order valence-electron chi connectivity index (χ4n) is 6.62. The number of carbonyl (C=O) groups excluding carboxylic acids is 2. The van der Waals surface area contributed by atoms with E-state index in [4.69, 9.17) is 9.47 Å². The fraction of sp³-hybridized carbons (Fsp3) is 0.342. The maximum atomic E-state index is 13.7. The van der Waals surface area contributed by atoms with Gasteiger partial charge in [-0.2, -0.15) is 5.10 Å². The van der Waals surface area contributed by atoms with Crippen molar-refractivity contribution < 1.29 is 23.5 Å². The molecule has 2 aliphatic rings. The molecule has 7 rings (SSSR count). The number of rotatable bonds is 10. The highest BCUT2D eigenvalue weighted by atomic mass is 19.1. The van der Waals surface area contributed by atoms with Crippen LogP contribution in [0.5, 0.6) is 0 Å². The highest BCUT2D eigenvalue weighted by molar-refractivity contribution is 5.96. The maximum Gasteiger partial charge on any atom is 0.236 e. The summed E-state index contributed by atoms with van der Waals surface area (Å²) in [6, 6.07) is 20.6. The molecule has 12 heteroatoms. The second-order valence-corrected chi connectivity index (χ2v) is 12.6. The van der Waals surface area contributed by atoms with Gasteiger partial charge in [0.05, 0.1) is 30.5 Å². The smallest absolute Gasteiger partial charge is 0.236 e. The van der Waals surface area contributed by atoms with Crippen LogP contribution in [0.2, 0.25) is 0 Å². The highest BCUT2D eigenvalue weighted by Gasteiger charge is 2.28. The molecule has 0 spiro atoms. The van der Waals surface area contributed by atoms with Gasteiger partial charge in [0.25, 0.3) is 0 Å². The third-order valence-corrected chi connectivity index (χ3v) is 9.38. The standard InChI is InChI=1S/C22H28N4O2.C16H14FN3O2/c1-28-20-9-12-25(15-20)16-21(27)26-13-7-18(8-14-26)17-3-5-19(6-4-17)22-23-10-2-11-24-22;1-22-8-11-6-10(2-4-14(11)17)16-13-7-12(18-9-21)3-5-15(13)19-20-16/h2-6,10-11,18,20H,7-9,12-16H2,1H3;2-7,9H,8H2,1H3,(H,18,21)(H,19,20)/t20-;/m0./s1. The first-order valence-electron chi connectivity index (χ1n) is 16.8. The maximum absolute atomic E-state index is 13.7. The molecule has 1 atom stereocenters. The molecule has 260 valence electrons. The molecule has 0 bridgehead atoms. The Bertz CT molecular complexity index is 1880. The topological polar surface area (TPSA) is 126 Å². The predicted molar refractivity (Wildman–Crippen MR) is 190 cm³/mol. The normalized spacial score (nSPS) is 16.6. The number of benzene rings is 3. The van der Waals surface area contributed by atoms with Crippen molar-refractivity contribution in [2.24, 2.45) is 0 Å². The van der Waals surface area contributed by atoms with E-state index >= 15 is 0 Å². The van der Waals surface area contributed by atoms with Crippen LogP contribution in [0.4, 0.5) is 10.1 Å². The third-order valence-electron chi connectivity index (χ3n) is 9.38. The summed E-state index contributed by atoms with van der Waals surface area (Å²) >= 11 is 0. The van der Waals surface area contributed by atoms with E-state index in [9.17, 15) is 14.0 Å². The second-order valence-electron chi connectivity index (χ2n) is 12.6. The Kier molecular flexibility index (Phi) is 11.5. The molecule has 2 aliphatic heterocycles. The van der Waals surface area contributed by atoms with Crippen molar-refractivity contribution in [2.45, 2.75) is 37.9 Å². The molecule has 2 N–H and O–H groups in total. The molecule has 4 heterocycles. The number of ether oxygens (including phenoxy) is 2. The molecule has 5 aromatic rings. The number of nitrogens with zero attached hydrogens (tertiary/aromatic N) is 5. The van der Waals surface area contributed by atoms with E-state index in [0.717, 1.165) is 73.3 Å². The molecule has 2 fully saturated rings. The Hall–Kier alpha value is -5.04. The molecule has 2 amide bonds. The molecule has 0 radical (unpaired) electrons. The van der Waals surface area contributed by atoms with Crippen molar-refractivity contribution in [3.8, 4) is 22.6 Å². The fourth-order valence-corrected chi connectivity index (χ4v) is 6.62. The van der Waals surface area contributed by atoms with Gasteiger partial charge in [0.1, 0.15) is 5.82 Å². The van der Waals surface area contributed by atoms with Gasteiger partial charge in [-0.3, -0.25) is 19.6 Å². The summed E-state index contributed by atoms with van der Waals surface area (Å²) in [6.45, 7) is 4.23.